The molecule has 1 rings (SSSR count). The topological polar surface area (TPSA) is 70.6 Å². The van der Waals surface area contributed by atoms with Gasteiger partial charge < -0.3 is 10.6 Å². The molecule has 0 aliphatic heterocycles. The maximum atomic E-state index is 12.4. The van der Waals surface area contributed by atoms with Gasteiger partial charge in [0.05, 0.1) is 11.3 Å². The summed E-state index contributed by atoms with van der Waals surface area (Å²) in [5.74, 6) is 0.345. The van der Waals surface area contributed by atoms with Crippen LogP contribution in [0.15, 0.2) is 29.3 Å². The Labute approximate surface area is 150 Å². The molecule has 0 unspecified atom stereocenters. The Kier molecular flexibility index (Phi) is 8.88. The lowest BCUT2D eigenvalue weighted by atomic mass is 10.1. The van der Waals surface area contributed by atoms with Crippen molar-refractivity contribution in [2.75, 3.05) is 25.6 Å². The van der Waals surface area contributed by atoms with Crippen molar-refractivity contribution in [1.29, 1.82) is 0 Å². The Hall–Kier alpha value is -1.04. The molecule has 0 saturated heterocycles. The molecule has 0 aliphatic rings. The highest BCUT2D eigenvalue weighted by atomic mass is 127. The molecule has 0 amide bonds. The summed E-state index contributed by atoms with van der Waals surface area (Å²) in [6.45, 7) is 0.474. The lowest BCUT2D eigenvalue weighted by molar-refractivity contribution is -0.137. The van der Waals surface area contributed by atoms with Gasteiger partial charge in [0.1, 0.15) is 9.84 Å². The second-order valence-corrected chi connectivity index (χ2v) is 6.94. The van der Waals surface area contributed by atoms with Crippen LogP contribution in [0.4, 0.5) is 13.2 Å². The van der Waals surface area contributed by atoms with Gasteiger partial charge in [-0.1, -0.05) is 12.1 Å². The number of alkyl halides is 3. The van der Waals surface area contributed by atoms with Crippen LogP contribution in [0.5, 0.6) is 0 Å². The molecule has 0 bridgehead atoms. The average molecular weight is 465 g/mol. The van der Waals surface area contributed by atoms with E-state index in [1.165, 1.54) is 19.2 Å². The Bertz CT molecular complexity index is 616. The largest absolute Gasteiger partial charge is 0.416 e. The van der Waals surface area contributed by atoms with Crippen LogP contribution < -0.4 is 10.6 Å². The number of aliphatic imine (C=N–C) groups is 1. The number of guanidine groups is 1. The monoisotopic (exact) mass is 465 g/mol. The number of rotatable bonds is 5. The first kappa shape index (κ1) is 22.0. The van der Waals surface area contributed by atoms with E-state index in [-0.39, 0.29) is 42.8 Å². The van der Waals surface area contributed by atoms with E-state index in [0.29, 0.717) is 11.5 Å². The first-order chi connectivity index (χ1) is 10.1. The van der Waals surface area contributed by atoms with Gasteiger partial charge in [-0.25, -0.2) is 8.42 Å². The molecule has 0 fully saturated rings. The number of halogens is 4. The zero-order valence-corrected chi connectivity index (χ0v) is 15.8. The normalized spacial score (nSPS) is 12.5. The zero-order valence-electron chi connectivity index (χ0n) is 12.6. The van der Waals surface area contributed by atoms with Crippen molar-refractivity contribution in [2.45, 2.75) is 12.7 Å². The molecule has 1 aromatic rings. The van der Waals surface area contributed by atoms with Gasteiger partial charge in [0.15, 0.2) is 5.96 Å². The first-order valence-electron chi connectivity index (χ1n) is 6.40. The molecule has 132 valence electrons. The van der Waals surface area contributed by atoms with Gasteiger partial charge >= 0.3 is 6.18 Å². The van der Waals surface area contributed by atoms with Crippen molar-refractivity contribution in [2.24, 2.45) is 4.99 Å². The van der Waals surface area contributed by atoms with Crippen LogP contribution in [0, 0.1) is 0 Å². The molecular weight excluding hydrogens is 446 g/mol. The molecule has 0 aliphatic carbocycles. The van der Waals surface area contributed by atoms with Crippen molar-refractivity contribution in [3.8, 4) is 0 Å². The summed E-state index contributed by atoms with van der Waals surface area (Å²) >= 11 is 0. The predicted octanol–water partition coefficient (Wildman–Crippen LogP) is 2.03. The van der Waals surface area contributed by atoms with Gasteiger partial charge in [-0.15, -0.1) is 24.0 Å². The van der Waals surface area contributed by atoms with Gasteiger partial charge in [-0.3, -0.25) is 4.99 Å². The van der Waals surface area contributed by atoms with Crippen LogP contribution in [0.1, 0.15) is 11.1 Å². The smallest absolute Gasteiger partial charge is 0.355 e. The van der Waals surface area contributed by atoms with Gasteiger partial charge in [-0.05, 0) is 17.7 Å². The third-order valence-corrected chi connectivity index (χ3v) is 3.68. The Morgan fingerprint density at radius 1 is 1.17 bits per heavy atom. The van der Waals surface area contributed by atoms with Crippen molar-refractivity contribution in [3.63, 3.8) is 0 Å². The zero-order chi connectivity index (χ0) is 16.8. The lowest BCUT2D eigenvalue weighted by Gasteiger charge is -2.12. The lowest BCUT2D eigenvalue weighted by Crippen LogP contribution is -2.39. The number of benzene rings is 1. The SMILES string of the molecule is CN=C(NCCS(C)(=O)=O)NCc1ccc(C(F)(F)F)cc1.I. The standard InChI is InChI=1S/C13H18F3N3O2S.HI/c1-17-12(18-7-8-22(2,20)21)19-9-10-3-5-11(6-4-10)13(14,15)16;/h3-6H,7-9H2,1-2H3,(H2,17,18,19);1H. The van der Waals surface area contributed by atoms with E-state index in [1.54, 1.807) is 0 Å². The maximum Gasteiger partial charge on any atom is 0.416 e. The number of nitrogens with one attached hydrogen (secondary N) is 2. The van der Waals surface area contributed by atoms with E-state index in [4.69, 9.17) is 0 Å². The first-order valence-corrected chi connectivity index (χ1v) is 8.46. The fourth-order valence-electron chi connectivity index (χ4n) is 1.57. The van der Waals surface area contributed by atoms with Gasteiger partial charge in [0, 0.05) is 26.4 Å². The quantitative estimate of drug-likeness (QED) is 0.397. The fraction of sp³-hybridized carbons (Fsp3) is 0.462. The number of hydrogen-bond acceptors (Lipinski definition) is 3. The molecule has 23 heavy (non-hydrogen) atoms. The molecule has 10 heteroatoms. The van der Waals surface area contributed by atoms with Gasteiger partial charge in [0.25, 0.3) is 0 Å². The molecule has 0 heterocycles. The van der Waals surface area contributed by atoms with E-state index < -0.39 is 21.6 Å². The van der Waals surface area contributed by atoms with Crippen LogP contribution in [0.2, 0.25) is 0 Å². The number of hydrogen-bond donors (Lipinski definition) is 2. The maximum absolute atomic E-state index is 12.4. The minimum atomic E-state index is -4.35. The van der Waals surface area contributed by atoms with Crippen LogP contribution in [0.25, 0.3) is 0 Å². The van der Waals surface area contributed by atoms with Crippen molar-refractivity contribution >= 4 is 39.8 Å². The molecule has 0 radical (unpaired) electrons. The summed E-state index contributed by atoms with van der Waals surface area (Å²) in [5.41, 5.74) is -0.0500. The highest BCUT2D eigenvalue weighted by molar-refractivity contribution is 14.0. The molecule has 0 saturated carbocycles. The van der Waals surface area contributed by atoms with Crippen LogP contribution in [0.3, 0.4) is 0 Å². The number of nitrogens with zero attached hydrogens (tertiary/aromatic N) is 1. The van der Waals surface area contributed by atoms with Gasteiger partial charge in [-0.2, -0.15) is 13.2 Å². The highest BCUT2D eigenvalue weighted by Crippen LogP contribution is 2.28. The second-order valence-electron chi connectivity index (χ2n) is 4.68. The molecule has 5 nitrogen and oxygen atoms in total. The van der Waals surface area contributed by atoms with Crippen molar-refractivity contribution in [3.05, 3.63) is 35.4 Å². The van der Waals surface area contributed by atoms with E-state index in [1.807, 2.05) is 0 Å². The van der Waals surface area contributed by atoms with E-state index in [0.717, 1.165) is 18.4 Å². The molecule has 1 aromatic carbocycles. The number of sulfone groups is 1. The minimum Gasteiger partial charge on any atom is -0.355 e. The van der Waals surface area contributed by atoms with Crippen LogP contribution in [-0.4, -0.2) is 40.0 Å². The van der Waals surface area contributed by atoms with E-state index in [2.05, 4.69) is 15.6 Å². The Morgan fingerprint density at radius 3 is 2.17 bits per heavy atom. The Morgan fingerprint density at radius 2 is 1.74 bits per heavy atom. The third kappa shape index (κ3) is 8.98. The molecule has 0 spiro atoms. The van der Waals surface area contributed by atoms with E-state index >= 15 is 0 Å². The molecule has 0 atom stereocenters. The summed E-state index contributed by atoms with van der Waals surface area (Å²) in [4.78, 5) is 3.90. The van der Waals surface area contributed by atoms with Crippen molar-refractivity contribution < 1.29 is 21.6 Å². The summed E-state index contributed by atoms with van der Waals surface area (Å²) in [7, 11) is -1.55. The summed E-state index contributed by atoms with van der Waals surface area (Å²) < 4.78 is 59.3. The Balaban J connectivity index is 0.00000484. The third-order valence-electron chi connectivity index (χ3n) is 2.73. The van der Waals surface area contributed by atoms with Gasteiger partial charge in [0.2, 0.25) is 0 Å². The van der Waals surface area contributed by atoms with Crippen molar-refractivity contribution in [1.82, 2.24) is 10.6 Å². The van der Waals surface area contributed by atoms with Crippen LogP contribution in [-0.2, 0) is 22.6 Å². The summed E-state index contributed by atoms with van der Waals surface area (Å²) in [6, 6.07) is 4.77. The minimum absolute atomic E-state index is 0. The van der Waals surface area contributed by atoms with E-state index in [9.17, 15) is 21.6 Å². The molecular formula is C13H19F3IN3O2S. The summed E-state index contributed by atoms with van der Waals surface area (Å²) in [6.07, 6.45) is -3.22. The summed E-state index contributed by atoms with van der Waals surface area (Å²) in [5, 5.41) is 5.70. The highest BCUT2D eigenvalue weighted by Gasteiger charge is 2.29. The average Bonchev–Trinajstić information content (AvgIpc) is 2.41. The van der Waals surface area contributed by atoms with Crippen LogP contribution >= 0.6 is 24.0 Å². The fourth-order valence-corrected chi connectivity index (χ4v) is 2.05. The second kappa shape index (κ2) is 9.30. The molecule has 2 N–H and O–H groups in total. The molecule has 0 aromatic heterocycles. The predicted molar refractivity (Wildman–Crippen MR) is 94.8 cm³/mol.